The molecule has 0 aromatic heterocycles. The summed E-state index contributed by atoms with van der Waals surface area (Å²) < 4.78 is 0. The highest BCUT2D eigenvalue weighted by molar-refractivity contribution is 5.85. The van der Waals surface area contributed by atoms with Crippen LogP contribution in [0.4, 0.5) is 5.69 Å². The Balaban J connectivity index is 0.00000272. The number of hydrogen-bond donors (Lipinski definition) is 1. The number of piperidine rings is 1. The van der Waals surface area contributed by atoms with Crippen LogP contribution in [-0.4, -0.2) is 19.1 Å². The first-order chi connectivity index (χ1) is 14.5. The van der Waals surface area contributed by atoms with E-state index in [0.29, 0.717) is 6.04 Å². The second-order valence-corrected chi connectivity index (χ2v) is 8.83. The van der Waals surface area contributed by atoms with Gasteiger partial charge in [0.25, 0.3) is 0 Å². The zero-order valence-corrected chi connectivity index (χ0v) is 20.1. The molecule has 1 fully saturated rings. The Labute approximate surface area is 194 Å². The smallest absolute Gasteiger partial charge is 0.0432 e. The van der Waals surface area contributed by atoms with Crippen molar-refractivity contribution in [3.63, 3.8) is 0 Å². The molecule has 1 heterocycles. The molecular weight excluding hydrogens is 400 g/mol. The predicted molar refractivity (Wildman–Crippen MR) is 137 cm³/mol. The standard InChI is InChI=1S/C28H34N2.ClH/c1-20-8-5-6-11-28(20)30(27-12-14-29-15-13-27)19-24-9-7-10-25(18-24)26-16-21(2)23(4)22(3)17-26;/h5-11,16-18,27,29H,12-15,19H2,1-4H3;1H. The summed E-state index contributed by atoms with van der Waals surface area (Å²) in [5.74, 6) is 0. The van der Waals surface area contributed by atoms with E-state index in [4.69, 9.17) is 0 Å². The zero-order valence-electron chi connectivity index (χ0n) is 19.2. The molecule has 0 amide bonds. The quantitative estimate of drug-likeness (QED) is 0.476. The first-order valence-corrected chi connectivity index (χ1v) is 11.2. The number of nitrogens with zero attached hydrogens (tertiary/aromatic N) is 1. The van der Waals surface area contributed by atoms with Gasteiger partial charge in [-0.25, -0.2) is 0 Å². The molecule has 0 saturated carbocycles. The van der Waals surface area contributed by atoms with Crippen molar-refractivity contribution in [1.82, 2.24) is 5.32 Å². The molecule has 0 unspecified atom stereocenters. The highest BCUT2D eigenvalue weighted by Gasteiger charge is 2.22. The van der Waals surface area contributed by atoms with Crippen molar-refractivity contribution in [3.8, 4) is 11.1 Å². The zero-order chi connectivity index (χ0) is 21.1. The van der Waals surface area contributed by atoms with E-state index < -0.39 is 0 Å². The van der Waals surface area contributed by atoms with Gasteiger partial charge in [0.05, 0.1) is 0 Å². The van der Waals surface area contributed by atoms with Gasteiger partial charge in [0.1, 0.15) is 0 Å². The topological polar surface area (TPSA) is 15.3 Å². The molecule has 0 spiro atoms. The highest BCUT2D eigenvalue weighted by atomic mass is 35.5. The summed E-state index contributed by atoms with van der Waals surface area (Å²) in [4.78, 5) is 2.64. The maximum atomic E-state index is 3.52. The van der Waals surface area contributed by atoms with Crippen molar-refractivity contribution in [1.29, 1.82) is 0 Å². The van der Waals surface area contributed by atoms with Crippen LogP contribution in [0.3, 0.4) is 0 Å². The van der Waals surface area contributed by atoms with Crippen LogP contribution in [0.2, 0.25) is 0 Å². The number of halogens is 1. The highest BCUT2D eigenvalue weighted by Crippen LogP contribution is 2.30. The number of anilines is 1. The van der Waals surface area contributed by atoms with E-state index in [1.54, 1.807) is 0 Å². The molecule has 0 atom stereocenters. The van der Waals surface area contributed by atoms with Gasteiger partial charge in [-0.05, 0) is 105 Å². The van der Waals surface area contributed by atoms with E-state index >= 15 is 0 Å². The van der Waals surface area contributed by atoms with E-state index in [-0.39, 0.29) is 12.4 Å². The van der Waals surface area contributed by atoms with E-state index in [0.717, 1.165) is 19.6 Å². The summed E-state index contributed by atoms with van der Waals surface area (Å²) in [6.07, 6.45) is 2.40. The maximum absolute atomic E-state index is 3.52. The average Bonchev–Trinajstić information content (AvgIpc) is 2.77. The lowest BCUT2D eigenvalue weighted by molar-refractivity contribution is 0.428. The second-order valence-electron chi connectivity index (χ2n) is 8.83. The van der Waals surface area contributed by atoms with Crippen LogP contribution >= 0.6 is 12.4 Å². The number of rotatable bonds is 5. The third-order valence-electron chi connectivity index (χ3n) is 6.71. The third-order valence-corrected chi connectivity index (χ3v) is 6.71. The lowest BCUT2D eigenvalue weighted by Crippen LogP contribution is -2.43. The Morgan fingerprint density at radius 3 is 2.13 bits per heavy atom. The summed E-state index contributed by atoms with van der Waals surface area (Å²) in [5, 5.41) is 3.52. The predicted octanol–water partition coefficient (Wildman–Crippen LogP) is 6.77. The number of aryl methyl sites for hydroxylation is 3. The van der Waals surface area contributed by atoms with Crippen LogP contribution in [0.1, 0.15) is 40.7 Å². The number of para-hydroxylation sites is 1. The van der Waals surface area contributed by atoms with Gasteiger partial charge < -0.3 is 10.2 Å². The van der Waals surface area contributed by atoms with Gasteiger partial charge >= 0.3 is 0 Å². The van der Waals surface area contributed by atoms with E-state index in [9.17, 15) is 0 Å². The lowest BCUT2D eigenvalue weighted by Gasteiger charge is -2.37. The molecule has 1 saturated heterocycles. The molecule has 3 aromatic carbocycles. The largest absolute Gasteiger partial charge is 0.364 e. The molecule has 2 nitrogen and oxygen atoms in total. The Bertz CT molecular complexity index is 998. The van der Waals surface area contributed by atoms with Crippen LogP contribution in [0, 0.1) is 27.7 Å². The fourth-order valence-corrected chi connectivity index (χ4v) is 4.66. The summed E-state index contributed by atoms with van der Waals surface area (Å²) in [6.45, 7) is 12.0. The Morgan fingerprint density at radius 1 is 0.774 bits per heavy atom. The van der Waals surface area contributed by atoms with Gasteiger partial charge in [0.15, 0.2) is 0 Å². The molecule has 164 valence electrons. The fraction of sp³-hybridized carbons (Fsp3) is 0.357. The van der Waals surface area contributed by atoms with Crippen molar-refractivity contribution in [2.24, 2.45) is 0 Å². The summed E-state index contributed by atoms with van der Waals surface area (Å²) >= 11 is 0. The van der Waals surface area contributed by atoms with Gasteiger partial charge in [-0.15, -0.1) is 12.4 Å². The van der Waals surface area contributed by atoms with Crippen LogP contribution in [0.25, 0.3) is 11.1 Å². The monoisotopic (exact) mass is 434 g/mol. The molecule has 0 radical (unpaired) electrons. The molecule has 1 N–H and O–H groups in total. The number of nitrogens with one attached hydrogen (secondary N) is 1. The van der Waals surface area contributed by atoms with Crippen molar-refractivity contribution in [3.05, 3.63) is 88.5 Å². The van der Waals surface area contributed by atoms with Crippen LogP contribution in [0.5, 0.6) is 0 Å². The molecule has 1 aliphatic rings. The Kier molecular flexibility index (Phi) is 7.80. The molecule has 0 aliphatic carbocycles. The SMILES string of the molecule is Cc1ccccc1N(Cc1cccc(-c2cc(C)c(C)c(C)c2)c1)C1CCNCC1.Cl. The molecule has 0 bridgehead atoms. The van der Waals surface area contributed by atoms with Crippen molar-refractivity contribution in [2.45, 2.75) is 53.1 Å². The lowest BCUT2D eigenvalue weighted by atomic mass is 9.95. The Morgan fingerprint density at radius 2 is 1.45 bits per heavy atom. The van der Waals surface area contributed by atoms with Crippen LogP contribution in [-0.2, 0) is 6.54 Å². The number of hydrogen-bond acceptors (Lipinski definition) is 2. The summed E-state index contributed by atoms with van der Waals surface area (Å²) in [7, 11) is 0. The average molecular weight is 435 g/mol. The van der Waals surface area contributed by atoms with Gasteiger partial charge in [-0.1, -0.05) is 48.5 Å². The van der Waals surface area contributed by atoms with Crippen LogP contribution in [0.15, 0.2) is 60.7 Å². The van der Waals surface area contributed by atoms with Crippen molar-refractivity contribution >= 4 is 18.1 Å². The van der Waals surface area contributed by atoms with Gasteiger partial charge in [-0.2, -0.15) is 0 Å². The van der Waals surface area contributed by atoms with E-state index in [1.807, 2.05) is 0 Å². The molecule has 3 aromatic rings. The minimum Gasteiger partial charge on any atom is -0.364 e. The van der Waals surface area contributed by atoms with Gasteiger partial charge in [0.2, 0.25) is 0 Å². The summed E-state index contributed by atoms with van der Waals surface area (Å²) in [5.41, 5.74) is 10.9. The molecule has 4 rings (SSSR count). The molecular formula is C28H35ClN2. The molecule has 31 heavy (non-hydrogen) atoms. The minimum atomic E-state index is 0. The van der Waals surface area contributed by atoms with Crippen molar-refractivity contribution < 1.29 is 0 Å². The molecule has 3 heteroatoms. The first kappa shape index (κ1) is 23.4. The molecule has 1 aliphatic heterocycles. The van der Waals surface area contributed by atoms with Crippen molar-refractivity contribution in [2.75, 3.05) is 18.0 Å². The fourth-order valence-electron chi connectivity index (χ4n) is 4.66. The van der Waals surface area contributed by atoms with Crippen LogP contribution < -0.4 is 10.2 Å². The minimum absolute atomic E-state index is 0. The second kappa shape index (κ2) is 10.3. The Hall–Kier alpha value is -2.29. The van der Waals surface area contributed by atoms with E-state index in [1.165, 1.54) is 57.5 Å². The maximum Gasteiger partial charge on any atom is 0.0432 e. The van der Waals surface area contributed by atoms with Gasteiger partial charge in [-0.3, -0.25) is 0 Å². The van der Waals surface area contributed by atoms with E-state index in [2.05, 4.69) is 98.6 Å². The van der Waals surface area contributed by atoms with Gasteiger partial charge in [0, 0.05) is 18.3 Å². The summed E-state index contributed by atoms with van der Waals surface area (Å²) in [6, 6.07) is 23.2. The normalized spacial score (nSPS) is 14.2. The third kappa shape index (κ3) is 5.31. The first-order valence-electron chi connectivity index (χ1n) is 11.2. The number of benzene rings is 3.